The van der Waals surface area contributed by atoms with Gasteiger partial charge in [-0.3, -0.25) is 0 Å². The van der Waals surface area contributed by atoms with Gasteiger partial charge in [0.1, 0.15) is 24.7 Å². The van der Waals surface area contributed by atoms with Gasteiger partial charge in [0.15, 0.2) is 11.1 Å². The van der Waals surface area contributed by atoms with Crippen LogP contribution < -0.4 is 13.2 Å². The van der Waals surface area contributed by atoms with Gasteiger partial charge in [-0.05, 0) is 19.6 Å². The highest BCUT2D eigenvalue weighted by atomic mass is 32.2. The van der Waals surface area contributed by atoms with E-state index in [0.717, 1.165) is 0 Å². The Labute approximate surface area is 150 Å². The maximum atomic E-state index is 3.96. The molecule has 0 radical (unpaired) electrons. The maximum absolute atomic E-state index is 3.96. The molecule has 0 saturated carbocycles. The quantitative estimate of drug-likeness (QED) is 0.408. The zero-order chi connectivity index (χ0) is 18.0. The van der Waals surface area contributed by atoms with Crippen molar-refractivity contribution in [2.75, 3.05) is 0 Å². The van der Waals surface area contributed by atoms with Crippen LogP contribution in [0.4, 0.5) is 0 Å². The first-order valence-electron chi connectivity index (χ1n) is 7.95. The average molecular weight is 416 g/mol. The van der Waals surface area contributed by atoms with Crippen molar-refractivity contribution in [2.45, 2.75) is 78.6 Å². The molecule has 0 aliphatic rings. The van der Waals surface area contributed by atoms with Crippen molar-refractivity contribution in [1.82, 2.24) is 13.2 Å². The van der Waals surface area contributed by atoms with Crippen LogP contribution >= 0.6 is 12.1 Å². The van der Waals surface area contributed by atoms with Gasteiger partial charge in [-0.1, -0.05) is 58.9 Å². The topological polar surface area (TPSA) is 39.1 Å². The average Bonchev–Trinajstić information content (AvgIpc) is 2.06. The predicted molar refractivity (Wildman–Crippen MR) is 118 cm³/mol. The molecule has 0 atom stereocenters. The summed E-state index contributed by atoms with van der Waals surface area (Å²) in [6.45, 7) is 28.7. The van der Waals surface area contributed by atoms with E-state index in [1.54, 1.807) is 0 Å². The number of nitrogens with zero attached hydrogens (tertiary/aromatic N) is 1. The third-order valence-corrected chi connectivity index (χ3v) is 17.6. The summed E-state index contributed by atoms with van der Waals surface area (Å²) in [6.07, 6.45) is 0. The highest BCUT2D eigenvalue weighted by Gasteiger charge is 2.38. The van der Waals surface area contributed by atoms with E-state index in [9.17, 15) is 0 Å². The fraction of sp³-hybridized carbons (Fsp3) is 1.00. The second-order valence-electron chi connectivity index (χ2n) is 9.86. The smallest absolute Gasteiger partial charge is 0.230 e. The summed E-state index contributed by atoms with van der Waals surface area (Å²) in [5.41, 5.74) is 0. The molecule has 0 unspecified atom stereocenters. The van der Waals surface area contributed by atoms with Crippen LogP contribution in [-0.4, -0.2) is 36.0 Å². The molecule has 0 aromatic rings. The lowest BCUT2D eigenvalue weighted by Gasteiger charge is -2.28. The molecule has 0 spiro atoms. The van der Waals surface area contributed by atoms with Gasteiger partial charge >= 0.3 is 8.24 Å². The van der Waals surface area contributed by atoms with Gasteiger partial charge in [0.25, 0.3) is 0 Å². The summed E-state index contributed by atoms with van der Waals surface area (Å²) < 4.78 is 14.3. The second kappa shape index (κ2) is 8.08. The lowest BCUT2D eigenvalue weighted by Crippen LogP contribution is -2.58. The van der Waals surface area contributed by atoms with Crippen LogP contribution in [-0.2, 0) is 11.1 Å². The molecule has 4 nitrogen and oxygen atoms in total. The van der Waals surface area contributed by atoms with Crippen LogP contribution in [0.15, 0.2) is 0 Å². The first-order chi connectivity index (χ1) is 9.41. The monoisotopic (exact) mass is 415 g/mol. The molecule has 0 amide bonds. The Kier molecular flexibility index (Phi) is 8.54. The summed E-state index contributed by atoms with van der Waals surface area (Å²) in [5.74, 6) is 0. The van der Waals surface area contributed by atoms with E-state index in [2.05, 4.69) is 94.7 Å². The molecular formula is C12H39N4S2Si4+. The van der Waals surface area contributed by atoms with Crippen molar-refractivity contribution < 1.29 is 3.02 Å². The van der Waals surface area contributed by atoms with Crippen molar-refractivity contribution in [3.05, 3.63) is 0 Å². The summed E-state index contributed by atoms with van der Waals surface area (Å²) in [7, 11) is -5.49. The van der Waals surface area contributed by atoms with E-state index in [1.165, 1.54) is 0 Å². The van der Waals surface area contributed by atoms with E-state index in [0.29, 0.717) is 0 Å². The molecule has 0 aromatic heterocycles. The van der Waals surface area contributed by atoms with Gasteiger partial charge in [0.05, 0.1) is 0 Å². The van der Waals surface area contributed by atoms with Crippen molar-refractivity contribution in [2.24, 2.45) is 0 Å². The zero-order valence-electron chi connectivity index (χ0n) is 16.8. The Morgan fingerprint density at radius 1 is 0.636 bits per heavy atom. The molecule has 134 valence electrons. The lowest BCUT2D eigenvalue weighted by molar-refractivity contribution is -0.158. The molecule has 10 heteroatoms. The molecule has 3 N–H and O–H groups in total. The Hall–Kier alpha value is 1.25. The third kappa shape index (κ3) is 11.7. The van der Waals surface area contributed by atoms with Gasteiger partial charge in [-0.15, -0.1) is 0 Å². The van der Waals surface area contributed by atoms with E-state index < -0.39 is 32.9 Å². The van der Waals surface area contributed by atoms with Gasteiger partial charge in [-0.2, -0.15) is 3.02 Å². The van der Waals surface area contributed by atoms with Crippen molar-refractivity contribution in [3.63, 3.8) is 0 Å². The van der Waals surface area contributed by atoms with E-state index in [1.807, 2.05) is 12.1 Å². The van der Waals surface area contributed by atoms with Crippen LogP contribution in [0.3, 0.4) is 0 Å². The largest absolute Gasteiger partial charge is 0.375 e. The fourth-order valence-corrected chi connectivity index (χ4v) is 14.5. The molecule has 0 heterocycles. The van der Waals surface area contributed by atoms with E-state index in [-0.39, 0.29) is 11.1 Å². The number of rotatable bonds is 8. The van der Waals surface area contributed by atoms with E-state index in [4.69, 9.17) is 0 Å². The first kappa shape index (κ1) is 23.2. The molecule has 22 heavy (non-hydrogen) atoms. The second-order valence-corrected chi connectivity index (χ2v) is 33.0. The summed E-state index contributed by atoms with van der Waals surface area (Å²) in [6, 6.07) is 0. The minimum atomic E-state index is -1.46. The van der Waals surface area contributed by atoms with Crippen LogP contribution in [0.5, 0.6) is 0 Å². The van der Waals surface area contributed by atoms with Gasteiger partial charge < -0.3 is 0 Å². The van der Waals surface area contributed by atoms with Crippen molar-refractivity contribution in [1.29, 1.82) is 0 Å². The lowest BCUT2D eigenvalue weighted by atomic mass is 11.8. The Balaban J connectivity index is 5.75. The zero-order valence-corrected chi connectivity index (χ0v) is 22.4. The minimum Gasteiger partial charge on any atom is -0.230 e. The molecule has 0 rings (SSSR count). The number of hydrogen-bond acceptors (Lipinski definition) is 2. The summed E-state index contributed by atoms with van der Waals surface area (Å²) in [4.78, 5) is 0. The van der Waals surface area contributed by atoms with Crippen LogP contribution in [0, 0.1) is 0 Å². The normalized spacial score (nSPS) is 14.6. The molecule has 0 bridgehead atoms. The highest BCUT2D eigenvalue weighted by Crippen LogP contribution is 2.17. The first-order valence-corrected chi connectivity index (χ1v) is 23.9. The molecule has 0 aliphatic heterocycles. The standard InChI is InChI=1S/C12H38N4S2Si4/c1-19(2,3)13-17-16(22(10,11)12)18(14-20(4,5)6)15-21(7,8)9/h13H,1-12H3,(H,14,15)/p+1. The van der Waals surface area contributed by atoms with Gasteiger partial charge in [0.2, 0.25) is 12.1 Å². The molecule has 0 fully saturated rings. The van der Waals surface area contributed by atoms with Crippen LogP contribution in [0.2, 0.25) is 78.6 Å². The summed E-state index contributed by atoms with van der Waals surface area (Å²) >= 11 is 1.80. The fourth-order valence-electron chi connectivity index (χ4n) is 1.31. The molecule has 0 saturated heterocycles. The van der Waals surface area contributed by atoms with Gasteiger partial charge in [-0.25, -0.2) is 13.2 Å². The maximum Gasteiger partial charge on any atom is 0.375 e. The highest BCUT2D eigenvalue weighted by molar-refractivity contribution is 7.99. The Bertz CT molecular complexity index is 385. The SMILES string of the molecule is C[Si](C)(C)NS[N+](=S(N[Si](C)(C)C)N[Si](C)(C)C)[Si](C)(C)C. The van der Waals surface area contributed by atoms with Gasteiger partial charge in [0, 0.05) is 0 Å². The molecular weight excluding hydrogens is 377 g/mol. The third-order valence-electron chi connectivity index (χ3n) is 1.95. The Morgan fingerprint density at radius 2 is 1.00 bits per heavy atom. The predicted octanol–water partition coefficient (Wildman–Crippen LogP) is 4.30. The van der Waals surface area contributed by atoms with Crippen molar-refractivity contribution >= 4 is 56.1 Å². The minimum absolute atomic E-state index is 0.0642. The number of nitrogens with one attached hydrogen (secondary N) is 3. The molecule has 0 aliphatic carbocycles. The number of hydrogen-bond donors (Lipinski definition) is 3. The van der Waals surface area contributed by atoms with Crippen molar-refractivity contribution in [3.8, 4) is 0 Å². The van der Waals surface area contributed by atoms with Crippen LogP contribution in [0.1, 0.15) is 0 Å². The Morgan fingerprint density at radius 3 is 1.23 bits per heavy atom. The van der Waals surface area contributed by atoms with E-state index >= 15 is 0 Å². The molecule has 0 aromatic carbocycles. The summed E-state index contributed by atoms with van der Waals surface area (Å²) in [5, 5.41) is 0. The van der Waals surface area contributed by atoms with Crippen LogP contribution in [0.25, 0.3) is 0 Å².